The standard InChI is InChI=1S/C19H23NO5S/c1-11-8-13(19(3,4)5)9-17(12(11)2)26(24,25)20-14-6-7-15(18(22)23)16(21)10-14/h6-10,20-21H,1-5H3,(H,22,23). The first-order valence-corrected chi connectivity index (χ1v) is 9.52. The Bertz CT molecular complexity index is 972. The molecule has 0 atom stereocenters. The smallest absolute Gasteiger partial charge is 0.339 e. The zero-order chi connectivity index (χ0) is 19.9. The molecule has 0 bridgehead atoms. The lowest BCUT2D eigenvalue weighted by Gasteiger charge is -2.22. The molecule has 0 aliphatic carbocycles. The number of carboxylic acid groups (broad SMARTS) is 1. The van der Waals surface area contributed by atoms with Crippen LogP contribution in [0, 0.1) is 13.8 Å². The highest BCUT2D eigenvalue weighted by Crippen LogP contribution is 2.31. The Morgan fingerprint density at radius 1 is 1.08 bits per heavy atom. The molecule has 0 fully saturated rings. The number of benzene rings is 2. The van der Waals surface area contributed by atoms with E-state index in [1.54, 1.807) is 13.0 Å². The van der Waals surface area contributed by atoms with Crippen LogP contribution in [-0.4, -0.2) is 24.6 Å². The predicted molar refractivity (Wildman–Crippen MR) is 100 cm³/mol. The van der Waals surface area contributed by atoms with Crippen molar-refractivity contribution >= 4 is 21.7 Å². The maximum atomic E-state index is 12.9. The van der Waals surface area contributed by atoms with Crippen LogP contribution in [0.2, 0.25) is 0 Å². The molecule has 2 aromatic rings. The number of rotatable bonds is 4. The van der Waals surface area contributed by atoms with Gasteiger partial charge in [-0.2, -0.15) is 0 Å². The van der Waals surface area contributed by atoms with Gasteiger partial charge in [-0.1, -0.05) is 26.8 Å². The van der Waals surface area contributed by atoms with Crippen LogP contribution in [0.5, 0.6) is 5.75 Å². The molecule has 2 aromatic carbocycles. The number of nitrogens with one attached hydrogen (secondary N) is 1. The van der Waals surface area contributed by atoms with Crippen LogP contribution in [-0.2, 0) is 15.4 Å². The normalized spacial score (nSPS) is 12.0. The molecule has 3 N–H and O–H groups in total. The summed E-state index contributed by atoms with van der Waals surface area (Å²) < 4.78 is 28.2. The van der Waals surface area contributed by atoms with Crippen molar-refractivity contribution in [3.05, 3.63) is 52.6 Å². The molecular formula is C19H23NO5S. The molecule has 0 radical (unpaired) electrons. The van der Waals surface area contributed by atoms with E-state index in [0.717, 1.165) is 23.3 Å². The zero-order valence-corrected chi connectivity index (χ0v) is 16.2. The fraction of sp³-hybridized carbons (Fsp3) is 0.316. The molecule has 0 aliphatic rings. The van der Waals surface area contributed by atoms with Crippen LogP contribution < -0.4 is 4.72 Å². The SMILES string of the molecule is Cc1cc(C(C)(C)C)cc(S(=O)(=O)Nc2ccc(C(=O)O)c(O)c2)c1C. The highest BCUT2D eigenvalue weighted by Gasteiger charge is 2.23. The molecule has 2 rings (SSSR count). The first-order valence-electron chi connectivity index (χ1n) is 8.04. The predicted octanol–water partition coefficient (Wildman–Crippen LogP) is 3.81. The number of anilines is 1. The Balaban J connectivity index is 2.50. The van der Waals surface area contributed by atoms with E-state index < -0.39 is 21.7 Å². The largest absolute Gasteiger partial charge is 0.507 e. The van der Waals surface area contributed by atoms with Crippen molar-refractivity contribution in [1.82, 2.24) is 0 Å². The van der Waals surface area contributed by atoms with E-state index in [1.165, 1.54) is 6.07 Å². The monoisotopic (exact) mass is 377 g/mol. The third-order valence-electron chi connectivity index (χ3n) is 4.26. The number of phenols is 1. The number of aromatic hydroxyl groups is 1. The van der Waals surface area contributed by atoms with Crippen LogP contribution >= 0.6 is 0 Å². The average Bonchev–Trinajstić information content (AvgIpc) is 2.47. The second-order valence-corrected chi connectivity index (χ2v) is 8.96. The second-order valence-electron chi connectivity index (χ2n) is 7.31. The number of sulfonamides is 1. The van der Waals surface area contributed by atoms with E-state index in [2.05, 4.69) is 4.72 Å². The summed E-state index contributed by atoms with van der Waals surface area (Å²) in [7, 11) is -3.91. The van der Waals surface area contributed by atoms with Crippen LogP contribution in [0.1, 0.15) is 47.8 Å². The van der Waals surface area contributed by atoms with Crippen molar-refractivity contribution in [2.45, 2.75) is 44.9 Å². The first kappa shape index (κ1) is 19.8. The van der Waals surface area contributed by atoms with Gasteiger partial charge >= 0.3 is 5.97 Å². The summed E-state index contributed by atoms with van der Waals surface area (Å²) in [6.07, 6.45) is 0. The topological polar surface area (TPSA) is 104 Å². The van der Waals surface area contributed by atoms with E-state index in [-0.39, 0.29) is 21.6 Å². The molecule has 6 nitrogen and oxygen atoms in total. The lowest BCUT2D eigenvalue weighted by Crippen LogP contribution is -2.18. The summed E-state index contributed by atoms with van der Waals surface area (Å²) in [5.41, 5.74) is 1.97. The highest BCUT2D eigenvalue weighted by molar-refractivity contribution is 7.92. The van der Waals surface area contributed by atoms with Gasteiger partial charge < -0.3 is 10.2 Å². The van der Waals surface area contributed by atoms with Crippen molar-refractivity contribution < 1.29 is 23.4 Å². The Hall–Kier alpha value is -2.54. The van der Waals surface area contributed by atoms with Crippen LogP contribution in [0.15, 0.2) is 35.2 Å². The summed E-state index contributed by atoms with van der Waals surface area (Å²) in [5.74, 6) is -1.80. The average molecular weight is 377 g/mol. The van der Waals surface area contributed by atoms with E-state index in [0.29, 0.717) is 5.56 Å². The quantitative estimate of drug-likeness (QED) is 0.752. The van der Waals surface area contributed by atoms with Crippen molar-refractivity contribution in [3.63, 3.8) is 0 Å². The molecule has 0 unspecified atom stereocenters. The minimum atomic E-state index is -3.91. The Kier molecular flexibility index (Phi) is 5.05. The molecule has 0 amide bonds. The fourth-order valence-electron chi connectivity index (χ4n) is 2.53. The number of aromatic carboxylic acids is 1. The van der Waals surface area contributed by atoms with Gasteiger partial charge in [-0.05, 0) is 54.2 Å². The second kappa shape index (κ2) is 6.64. The molecule has 0 saturated heterocycles. The number of hydrogen-bond donors (Lipinski definition) is 3. The Labute approximate surface area is 153 Å². The molecule has 0 spiro atoms. The summed E-state index contributed by atoms with van der Waals surface area (Å²) in [6.45, 7) is 9.61. The van der Waals surface area contributed by atoms with Crippen LogP contribution in [0.3, 0.4) is 0 Å². The van der Waals surface area contributed by atoms with Gasteiger partial charge in [0.05, 0.1) is 10.6 Å². The molecule has 0 aromatic heterocycles. The zero-order valence-electron chi connectivity index (χ0n) is 15.4. The van der Waals surface area contributed by atoms with Crippen LogP contribution in [0.25, 0.3) is 0 Å². The lowest BCUT2D eigenvalue weighted by atomic mass is 9.85. The van der Waals surface area contributed by atoms with E-state index in [4.69, 9.17) is 5.11 Å². The molecular weight excluding hydrogens is 354 g/mol. The van der Waals surface area contributed by atoms with Crippen molar-refractivity contribution in [2.75, 3.05) is 4.72 Å². The van der Waals surface area contributed by atoms with Gasteiger partial charge in [0, 0.05) is 6.07 Å². The molecule has 7 heteroatoms. The van der Waals surface area contributed by atoms with Gasteiger partial charge in [-0.15, -0.1) is 0 Å². The van der Waals surface area contributed by atoms with E-state index in [1.807, 2.05) is 33.8 Å². The van der Waals surface area contributed by atoms with Gasteiger partial charge in [0.25, 0.3) is 10.0 Å². The summed E-state index contributed by atoms with van der Waals surface area (Å²) in [4.78, 5) is 11.1. The minimum absolute atomic E-state index is 0.0886. The van der Waals surface area contributed by atoms with Gasteiger partial charge in [-0.25, -0.2) is 13.2 Å². The van der Waals surface area contributed by atoms with Gasteiger partial charge in [0.15, 0.2) is 0 Å². The fourth-order valence-corrected chi connectivity index (χ4v) is 3.92. The van der Waals surface area contributed by atoms with Gasteiger partial charge in [-0.3, -0.25) is 4.72 Å². The maximum absolute atomic E-state index is 12.9. The third kappa shape index (κ3) is 3.99. The summed E-state index contributed by atoms with van der Waals surface area (Å²) in [5, 5.41) is 18.7. The molecule has 0 heterocycles. The third-order valence-corrected chi connectivity index (χ3v) is 5.76. The van der Waals surface area contributed by atoms with Gasteiger partial charge in [0.2, 0.25) is 0 Å². The van der Waals surface area contributed by atoms with Crippen LogP contribution in [0.4, 0.5) is 5.69 Å². The number of hydrogen-bond acceptors (Lipinski definition) is 4. The van der Waals surface area contributed by atoms with Crippen molar-refractivity contribution in [3.8, 4) is 5.75 Å². The Morgan fingerprint density at radius 2 is 1.69 bits per heavy atom. The lowest BCUT2D eigenvalue weighted by molar-refractivity contribution is 0.0694. The van der Waals surface area contributed by atoms with Crippen molar-refractivity contribution in [2.24, 2.45) is 0 Å². The molecule has 0 saturated carbocycles. The first-order chi connectivity index (χ1) is 11.8. The molecule has 26 heavy (non-hydrogen) atoms. The van der Waals surface area contributed by atoms with Crippen molar-refractivity contribution in [1.29, 1.82) is 0 Å². The summed E-state index contributed by atoms with van der Waals surface area (Å²) >= 11 is 0. The molecule has 140 valence electrons. The molecule has 0 aliphatic heterocycles. The van der Waals surface area contributed by atoms with Gasteiger partial charge in [0.1, 0.15) is 11.3 Å². The number of aryl methyl sites for hydroxylation is 1. The number of carbonyl (C=O) groups is 1. The summed E-state index contributed by atoms with van der Waals surface area (Å²) in [6, 6.07) is 7.16. The minimum Gasteiger partial charge on any atom is -0.507 e. The Morgan fingerprint density at radius 3 is 2.19 bits per heavy atom. The van der Waals surface area contributed by atoms with E-state index in [9.17, 15) is 18.3 Å². The van der Waals surface area contributed by atoms with E-state index >= 15 is 0 Å². The maximum Gasteiger partial charge on any atom is 0.339 e. The highest BCUT2D eigenvalue weighted by atomic mass is 32.2. The number of carboxylic acids is 1.